The molecule has 3 rings (SSSR count). The smallest absolute Gasteiger partial charge is 0.260 e. The first kappa shape index (κ1) is 27.1. The number of hydrogen-bond donors (Lipinski definition) is 1. The maximum atomic E-state index is 13.2. The first-order valence-electron chi connectivity index (χ1n) is 11.1. The van der Waals surface area contributed by atoms with Gasteiger partial charge in [-0.2, -0.15) is 0 Å². The molecule has 0 bridgehead atoms. The lowest BCUT2D eigenvalue weighted by Gasteiger charge is -2.44. The molecule has 2 aromatic carbocycles. The second-order valence-corrected chi connectivity index (χ2v) is 10.9. The summed E-state index contributed by atoms with van der Waals surface area (Å²) in [6.07, 6.45) is -0.216. The van der Waals surface area contributed by atoms with E-state index in [1.54, 1.807) is 29.2 Å². The zero-order valence-electron chi connectivity index (χ0n) is 19.6. The summed E-state index contributed by atoms with van der Waals surface area (Å²) in [5.41, 5.74) is 1.42. The quantitative estimate of drug-likeness (QED) is 0.538. The molecule has 190 valence electrons. The number of ether oxygens (including phenoxy) is 1. The van der Waals surface area contributed by atoms with Gasteiger partial charge in [-0.05, 0) is 43.7 Å². The Kier molecular flexibility index (Phi) is 8.87. The summed E-state index contributed by atoms with van der Waals surface area (Å²) in [5.74, 6) is -1.63. The molecule has 1 amide bonds. The molecule has 1 saturated heterocycles. The van der Waals surface area contributed by atoms with Crippen LogP contribution < -0.4 is 9.88 Å². The lowest BCUT2D eigenvalue weighted by molar-refractivity contribution is -0.139. The number of primary sulfonamides is 1. The minimum atomic E-state index is -3.94. The number of rotatable bonds is 9. The standard InChI is InChI=1S/C24H29ClFN3O5S/c1-16-12-29(17(2)11-28(16)13-18-3-7-21(26)8-4-18)24(31)14-34-23-10-20(25)6-5-19(23)9-22(30)15-35(27,32)33/h3-8,10,16-17H,9,11-15H2,1-2H3,(H2,27,32,33)/t16-,17+/m0/s1. The van der Waals surface area contributed by atoms with Crippen LogP contribution in [0.4, 0.5) is 4.39 Å². The van der Waals surface area contributed by atoms with Crippen molar-refractivity contribution in [3.63, 3.8) is 0 Å². The lowest BCUT2D eigenvalue weighted by Crippen LogP contribution is -2.58. The number of amides is 1. The molecule has 2 aromatic rings. The Morgan fingerprint density at radius 1 is 1.11 bits per heavy atom. The molecule has 0 spiro atoms. The predicted octanol–water partition coefficient (Wildman–Crippen LogP) is 2.38. The topological polar surface area (TPSA) is 110 Å². The molecule has 0 saturated carbocycles. The second-order valence-electron chi connectivity index (χ2n) is 8.86. The molecule has 2 N–H and O–H groups in total. The van der Waals surface area contributed by atoms with Crippen LogP contribution in [0.25, 0.3) is 0 Å². The molecule has 1 fully saturated rings. The van der Waals surface area contributed by atoms with Crippen LogP contribution in [0.3, 0.4) is 0 Å². The van der Waals surface area contributed by atoms with Crippen molar-refractivity contribution in [3.8, 4) is 5.75 Å². The van der Waals surface area contributed by atoms with Gasteiger partial charge in [-0.1, -0.05) is 29.8 Å². The molecule has 8 nitrogen and oxygen atoms in total. The number of Topliss-reactive ketones (excluding diaryl/α,β-unsaturated/α-hetero) is 1. The SMILES string of the molecule is C[C@@H]1CN(Cc2ccc(F)cc2)[C@@H](C)CN1C(=O)COc1cc(Cl)ccc1CC(=O)CS(N)(=O)=O. The summed E-state index contributed by atoms with van der Waals surface area (Å²) in [5, 5.41) is 5.30. The molecular formula is C24H29ClFN3O5S. The molecule has 0 unspecified atom stereocenters. The molecule has 35 heavy (non-hydrogen) atoms. The highest BCUT2D eigenvalue weighted by Gasteiger charge is 2.32. The number of sulfonamides is 1. The number of nitrogens with zero attached hydrogens (tertiary/aromatic N) is 2. The molecule has 0 aromatic heterocycles. The summed E-state index contributed by atoms with van der Waals surface area (Å²) in [7, 11) is -3.94. The van der Waals surface area contributed by atoms with Gasteiger partial charge < -0.3 is 9.64 Å². The Morgan fingerprint density at radius 2 is 1.80 bits per heavy atom. The van der Waals surface area contributed by atoms with Crippen LogP contribution in [0.2, 0.25) is 5.02 Å². The van der Waals surface area contributed by atoms with E-state index in [1.165, 1.54) is 18.2 Å². The average Bonchev–Trinajstić information content (AvgIpc) is 2.76. The van der Waals surface area contributed by atoms with E-state index in [9.17, 15) is 22.4 Å². The van der Waals surface area contributed by atoms with E-state index < -0.39 is 21.6 Å². The Morgan fingerprint density at radius 3 is 2.46 bits per heavy atom. The van der Waals surface area contributed by atoms with Gasteiger partial charge in [0, 0.05) is 48.7 Å². The van der Waals surface area contributed by atoms with Crippen molar-refractivity contribution in [2.75, 3.05) is 25.4 Å². The zero-order valence-corrected chi connectivity index (χ0v) is 21.2. The van der Waals surface area contributed by atoms with Crippen LogP contribution in [0.5, 0.6) is 5.75 Å². The van der Waals surface area contributed by atoms with Crippen molar-refractivity contribution in [1.82, 2.24) is 9.80 Å². The number of carbonyl (C=O) groups excluding carboxylic acids is 2. The third-order valence-electron chi connectivity index (χ3n) is 5.86. The summed E-state index contributed by atoms with van der Waals surface area (Å²) in [6.45, 7) is 5.53. The van der Waals surface area contributed by atoms with Crippen LogP contribution in [-0.2, 0) is 32.6 Å². The highest BCUT2D eigenvalue weighted by Crippen LogP contribution is 2.25. The summed E-state index contributed by atoms with van der Waals surface area (Å²) in [4.78, 5) is 29.0. The van der Waals surface area contributed by atoms with Gasteiger partial charge in [0.2, 0.25) is 10.0 Å². The Bertz CT molecular complexity index is 1180. The maximum Gasteiger partial charge on any atom is 0.260 e. The largest absolute Gasteiger partial charge is 0.483 e. The van der Waals surface area contributed by atoms with Gasteiger partial charge in [0.15, 0.2) is 12.4 Å². The molecule has 0 radical (unpaired) electrons. The van der Waals surface area contributed by atoms with Crippen molar-refractivity contribution in [2.45, 2.75) is 38.9 Å². The number of piperazine rings is 1. The average molecular weight is 526 g/mol. The van der Waals surface area contributed by atoms with Crippen molar-refractivity contribution < 1.29 is 27.1 Å². The molecule has 2 atom stereocenters. The van der Waals surface area contributed by atoms with E-state index >= 15 is 0 Å². The third-order valence-corrected chi connectivity index (χ3v) is 6.82. The van der Waals surface area contributed by atoms with Gasteiger partial charge in [0.05, 0.1) is 0 Å². The van der Waals surface area contributed by atoms with E-state index in [4.69, 9.17) is 21.5 Å². The van der Waals surface area contributed by atoms with E-state index in [0.29, 0.717) is 30.2 Å². The minimum Gasteiger partial charge on any atom is -0.483 e. The van der Waals surface area contributed by atoms with E-state index in [-0.39, 0.29) is 42.6 Å². The Hall–Kier alpha value is -2.53. The lowest BCUT2D eigenvalue weighted by atomic mass is 10.1. The first-order valence-corrected chi connectivity index (χ1v) is 13.2. The van der Waals surface area contributed by atoms with Crippen LogP contribution in [0.15, 0.2) is 42.5 Å². The molecule has 0 aliphatic carbocycles. The minimum absolute atomic E-state index is 0.0714. The van der Waals surface area contributed by atoms with Crippen LogP contribution in [0, 0.1) is 5.82 Å². The van der Waals surface area contributed by atoms with Gasteiger partial charge >= 0.3 is 0 Å². The number of benzene rings is 2. The predicted molar refractivity (Wildman–Crippen MR) is 131 cm³/mol. The second kappa shape index (κ2) is 11.5. The maximum absolute atomic E-state index is 13.2. The molecular weight excluding hydrogens is 497 g/mol. The van der Waals surface area contributed by atoms with Gasteiger partial charge in [0.1, 0.15) is 17.3 Å². The number of hydrogen-bond acceptors (Lipinski definition) is 6. The van der Waals surface area contributed by atoms with Crippen molar-refractivity contribution >= 4 is 33.3 Å². The molecule has 1 aliphatic rings. The molecule has 1 heterocycles. The fourth-order valence-corrected chi connectivity index (χ4v) is 4.82. The highest BCUT2D eigenvalue weighted by molar-refractivity contribution is 7.89. The summed E-state index contributed by atoms with van der Waals surface area (Å²) >= 11 is 6.05. The number of carbonyl (C=O) groups is 2. The Balaban J connectivity index is 1.61. The van der Waals surface area contributed by atoms with Crippen LogP contribution in [0.1, 0.15) is 25.0 Å². The monoisotopic (exact) mass is 525 g/mol. The number of ketones is 1. The molecule has 11 heteroatoms. The number of nitrogens with two attached hydrogens (primary N) is 1. The van der Waals surface area contributed by atoms with E-state index in [0.717, 1.165) is 5.56 Å². The van der Waals surface area contributed by atoms with Gasteiger partial charge in [0.25, 0.3) is 5.91 Å². The zero-order chi connectivity index (χ0) is 25.8. The fourth-order valence-electron chi connectivity index (χ4n) is 4.11. The van der Waals surface area contributed by atoms with E-state index in [1.807, 2.05) is 13.8 Å². The first-order chi connectivity index (χ1) is 16.4. The summed E-state index contributed by atoms with van der Waals surface area (Å²) < 4.78 is 41.3. The van der Waals surface area contributed by atoms with Gasteiger partial charge in [-0.3, -0.25) is 14.5 Å². The normalized spacial score (nSPS) is 18.9. The Labute approximate surface area is 209 Å². The van der Waals surface area contributed by atoms with Crippen LogP contribution >= 0.6 is 11.6 Å². The molecule has 1 aliphatic heterocycles. The fraction of sp³-hybridized carbons (Fsp3) is 0.417. The summed E-state index contributed by atoms with van der Waals surface area (Å²) in [6, 6.07) is 11.0. The van der Waals surface area contributed by atoms with Gasteiger partial charge in [-0.25, -0.2) is 17.9 Å². The van der Waals surface area contributed by atoms with Crippen molar-refractivity contribution in [2.24, 2.45) is 5.14 Å². The van der Waals surface area contributed by atoms with Crippen molar-refractivity contribution in [1.29, 1.82) is 0 Å². The van der Waals surface area contributed by atoms with E-state index in [2.05, 4.69) is 4.90 Å². The van der Waals surface area contributed by atoms with Crippen LogP contribution in [-0.4, -0.2) is 67.4 Å². The van der Waals surface area contributed by atoms with Gasteiger partial charge in [-0.15, -0.1) is 0 Å². The number of halogens is 2. The third kappa shape index (κ3) is 7.99. The van der Waals surface area contributed by atoms with Crippen molar-refractivity contribution in [3.05, 3.63) is 64.4 Å². The highest BCUT2D eigenvalue weighted by atomic mass is 35.5.